The molecule has 2 aliphatic rings. The first-order valence-electron chi connectivity index (χ1n) is 7.66. The standard InChI is InChI=1S/C12H9NP.C7H9.2ClH.Zr/c1-2-4-11-8-12(7-10(11)3-1)14-6-5-13-9-14;1-6-4-3-5-7(6)2;;;/h1-9H;4H,3H2,1-2H3;2*1H;/q;;;;+2/p-2. The van der Waals surface area contributed by atoms with Crippen molar-refractivity contribution in [3.63, 3.8) is 0 Å². The van der Waals surface area contributed by atoms with Crippen LogP contribution in [0.15, 0.2) is 62.7 Å². The van der Waals surface area contributed by atoms with E-state index in [1.807, 2.05) is 6.20 Å². The zero-order valence-corrected chi connectivity index (χ0v) is 18.5. The molecule has 0 saturated heterocycles. The SMILES string of the molecule is CC1=CC[C]([Zr+2][CH]2C(p3ccnc3)=Cc3ccccc32)=C1C.[Cl-].[Cl-]. The van der Waals surface area contributed by atoms with Gasteiger partial charge in [-0.1, -0.05) is 0 Å². The summed E-state index contributed by atoms with van der Waals surface area (Å²) in [4.78, 5) is 4.34. The maximum Gasteiger partial charge on any atom is -1.00 e. The van der Waals surface area contributed by atoms with Crippen LogP contribution >= 0.6 is 7.53 Å². The molecule has 1 aromatic carbocycles. The summed E-state index contributed by atoms with van der Waals surface area (Å²) >= 11 is -0.657. The van der Waals surface area contributed by atoms with Gasteiger partial charge < -0.3 is 24.8 Å². The van der Waals surface area contributed by atoms with Gasteiger partial charge in [-0.3, -0.25) is 0 Å². The fourth-order valence-electron chi connectivity index (χ4n) is 3.24. The molecule has 0 radical (unpaired) electrons. The first-order valence-corrected chi connectivity index (χ1v) is 11.8. The van der Waals surface area contributed by atoms with Crippen LogP contribution in [-0.2, 0) is 23.2 Å². The van der Waals surface area contributed by atoms with E-state index in [0.29, 0.717) is 3.63 Å². The van der Waals surface area contributed by atoms with Crippen molar-refractivity contribution in [1.29, 1.82) is 0 Å². The molecule has 2 aliphatic carbocycles. The molecule has 0 bridgehead atoms. The van der Waals surface area contributed by atoms with Crippen molar-refractivity contribution in [2.45, 2.75) is 23.9 Å². The van der Waals surface area contributed by atoms with Gasteiger partial charge in [-0.05, 0) is 0 Å². The fraction of sp³-hybridized carbons (Fsp3) is 0.211. The molecular formula is C19H18Cl2NPZr. The van der Waals surface area contributed by atoms with Crippen LogP contribution < -0.4 is 24.8 Å². The third kappa shape index (κ3) is 3.58. The quantitative estimate of drug-likeness (QED) is 0.630. The summed E-state index contributed by atoms with van der Waals surface area (Å²) in [7, 11) is -0.286. The monoisotopic (exact) mass is 451 g/mol. The summed E-state index contributed by atoms with van der Waals surface area (Å²) in [6.07, 6.45) is 8.05. The first kappa shape index (κ1) is 19.9. The van der Waals surface area contributed by atoms with Gasteiger partial charge in [0.15, 0.2) is 0 Å². The number of hydrogen-bond donors (Lipinski definition) is 0. The molecule has 1 aromatic heterocycles. The van der Waals surface area contributed by atoms with Gasteiger partial charge in [0.2, 0.25) is 0 Å². The zero-order valence-electron chi connectivity index (χ0n) is 13.6. The van der Waals surface area contributed by atoms with Crippen LogP contribution in [0.4, 0.5) is 0 Å². The Morgan fingerprint density at radius 3 is 2.62 bits per heavy atom. The molecule has 0 spiro atoms. The van der Waals surface area contributed by atoms with Crippen molar-refractivity contribution in [3.8, 4) is 0 Å². The summed E-state index contributed by atoms with van der Waals surface area (Å²) in [6.45, 7) is 4.58. The predicted molar refractivity (Wildman–Crippen MR) is 91.4 cm³/mol. The molecular weight excluding hydrogens is 435 g/mol. The average Bonchev–Trinajstić information content (AvgIpc) is 3.23. The number of benzene rings is 1. The summed E-state index contributed by atoms with van der Waals surface area (Å²) < 4.78 is 2.48. The molecule has 122 valence electrons. The number of aromatic nitrogens is 1. The van der Waals surface area contributed by atoms with Crippen molar-refractivity contribution in [3.05, 3.63) is 73.8 Å². The van der Waals surface area contributed by atoms with Gasteiger partial charge in [-0.15, -0.1) is 0 Å². The van der Waals surface area contributed by atoms with E-state index < -0.39 is 23.2 Å². The maximum absolute atomic E-state index is 4.34. The van der Waals surface area contributed by atoms with Gasteiger partial charge in [0, 0.05) is 0 Å². The smallest absolute Gasteiger partial charge is 1.00 e. The van der Waals surface area contributed by atoms with Gasteiger partial charge in [-0.2, -0.15) is 0 Å². The van der Waals surface area contributed by atoms with E-state index in [1.54, 1.807) is 19.7 Å². The number of halogens is 2. The van der Waals surface area contributed by atoms with Crippen molar-refractivity contribution in [2.75, 3.05) is 0 Å². The predicted octanol–water partition coefficient (Wildman–Crippen LogP) is -0.164. The number of nitrogens with zero attached hydrogens (tertiary/aromatic N) is 1. The molecule has 0 amide bonds. The minimum Gasteiger partial charge on any atom is -1.00 e. The van der Waals surface area contributed by atoms with E-state index in [1.165, 1.54) is 17.6 Å². The summed E-state index contributed by atoms with van der Waals surface area (Å²) in [5.74, 6) is 4.47. The summed E-state index contributed by atoms with van der Waals surface area (Å²) in [5, 5.41) is 1.64. The van der Waals surface area contributed by atoms with Crippen LogP contribution in [0.2, 0.25) is 0 Å². The molecule has 1 heterocycles. The van der Waals surface area contributed by atoms with Crippen molar-refractivity contribution < 1.29 is 48.0 Å². The zero-order chi connectivity index (χ0) is 15.1. The minimum atomic E-state index is -0.657. The van der Waals surface area contributed by atoms with Crippen molar-refractivity contribution in [2.24, 2.45) is 0 Å². The molecule has 24 heavy (non-hydrogen) atoms. The molecule has 2 unspecified atom stereocenters. The van der Waals surface area contributed by atoms with Crippen molar-refractivity contribution >= 4 is 18.9 Å². The van der Waals surface area contributed by atoms with E-state index in [9.17, 15) is 0 Å². The second-order valence-corrected chi connectivity index (χ2v) is 11.4. The number of fused-ring (bicyclic) bond motifs is 1. The van der Waals surface area contributed by atoms with Crippen LogP contribution in [0.3, 0.4) is 0 Å². The van der Waals surface area contributed by atoms with Crippen LogP contribution in [0.25, 0.3) is 11.4 Å². The molecule has 0 aliphatic heterocycles. The van der Waals surface area contributed by atoms with Crippen LogP contribution in [-0.4, -0.2) is 4.98 Å². The third-order valence-electron chi connectivity index (χ3n) is 4.68. The Balaban J connectivity index is 0.00000104. The number of hydrogen-bond acceptors (Lipinski definition) is 1. The van der Waals surface area contributed by atoms with E-state index in [4.69, 9.17) is 0 Å². The number of allylic oxidation sites excluding steroid dienone is 5. The average molecular weight is 453 g/mol. The molecule has 5 heteroatoms. The fourth-order valence-corrected chi connectivity index (χ4v) is 10.3. The van der Waals surface area contributed by atoms with Crippen molar-refractivity contribution in [1.82, 2.24) is 4.98 Å². The molecule has 1 nitrogen and oxygen atoms in total. The largest absolute Gasteiger partial charge is 1.00 e. The normalized spacial score (nSPS) is 18.9. The maximum atomic E-state index is 4.34. The second kappa shape index (κ2) is 8.33. The Kier molecular flexibility index (Phi) is 6.92. The van der Waals surface area contributed by atoms with E-state index in [0.717, 1.165) is 0 Å². The molecule has 0 N–H and O–H groups in total. The first-order chi connectivity index (χ1) is 10.7. The van der Waals surface area contributed by atoms with Crippen LogP contribution in [0.1, 0.15) is 35.0 Å². The van der Waals surface area contributed by atoms with Gasteiger partial charge >= 0.3 is 145 Å². The molecule has 4 rings (SSSR count). The van der Waals surface area contributed by atoms with Gasteiger partial charge in [-0.25, -0.2) is 0 Å². The Morgan fingerprint density at radius 1 is 1.17 bits per heavy atom. The molecule has 2 aromatic rings. The van der Waals surface area contributed by atoms with Gasteiger partial charge in [0.25, 0.3) is 0 Å². The Bertz CT molecular complexity index is 822. The number of rotatable bonds is 3. The Labute approximate surface area is 168 Å². The van der Waals surface area contributed by atoms with Crippen LogP contribution in [0, 0.1) is 0 Å². The minimum absolute atomic E-state index is 0. The molecule has 2 atom stereocenters. The van der Waals surface area contributed by atoms with E-state index >= 15 is 0 Å². The molecule has 0 saturated carbocycles. The topological polar surface area (TPSA) is 12.9 Å². The Hall–Kier alpha value is -0.387. The van der Waals surface area contributed by atoms with Gasteiger partial charge in [0.05, 0.1) is 0 Å². The van der Waals surface area contributed by atoms with E-state index in [-0.39, 0.29) is 32.3 Å². The Morgan fingerprint density at radius 2 is 1.96 bits per heavy atom. The van der Waals surface area contributed by atoms with Gasteiger partial charge in [0.1, 0.15) is 0 Å². The van der Waals surface area contributed by atoms with E-state index in [2.05, 4.69) is 67.0 Å². The summed E-state index contributed by atoms with van der Waals surface area (Å²) in [6, 6.07) is 8.99. The summed E-state index contributed by atoms with van der Waals surface area (Å²) in [5.41, 5.74) is 6.10. The second-order valence-electron chi connectivity index (χ2n) is 5.94. The third-order valence-corrected chi connectivity index (χ3v) is 11.6. The molecule has 0 fully saturated rings. The van der Waals surface area contributed by atoms with Crippen LogP contribution in [0.5, 0.6) is 0 Å².